The van der Waals surface area contributed by atoms with E-state index in [1.807, 2.05) is 0 Å². The molecule has 0 amide bonds. The summed E-state index contributed by atoms with van der Waals surface area (Å²) >= 11 is 1.72. The Labute approximate surface area is 204 Å². The van der Waals surface area contributed by atoms with Crippen LogP contribution in [-0.4, -0.2) is 62.1 Å². The van der Waals surface area contributed by atoms with Crippen molar-refractivity contribution < 1.29 is 9.13 Å². The monoisotopic (exact) mass is 496 g/mol. The van der Waals surface area contributed by atoms with Crippen LogP contribution >= 0.6 is 36.2 Å². The molecule has 5 nitrogen and oxygen atoms in total. The van der Waals surface area contributed by atoms with Crippen LogP contribution in [0.1, 0.15) is 12.0 Å². The molecule has 0 aliphatic carbocycles. The third-order valence-corrected chi connectivity index (χ3v) is 7.07. The number of amidine groups is 1. The molecular formula is C23H27Cl2FN4OS. The highest BCUT2D eigenvalue weighted by atomic mass is 35.5. The maximum atomic E-state index is 14.0. The number of benzene rings is 2. The number of aliphatic imine (C=N–C) groups is 1. The number of likely N-dealkylation sites (N-methyl/N-ethyl adjacent to an activating group) is 1. The molecule has 2 aliphatic heterocycles. The first-order valence-corrected chi connectivity index (χ1v) is 11.1. The lowest BCUT2D eigenvalue weighted by atomic mass is 10.1. The molecule has 3 heterocycles. The van der Waals surface area contributed by atoms with Crippen LogP contribution in [0.2, 0.25) is 0 Å². The molecule has 1 saturated heterocycles. The van der Waals surface area contributed by atoms with Crippen molar-refractivity contribution in [2.75, 3.05) is 45.7 Å². The minimum Gasteiger partial charge on any atom is -0.385 e. The maximum Gasteiger partial charge on any atom is 0.140 e. The van der Waals surface area contributed by atoms with Crippen molar-refractivity contribution in [2.45, 2.75) is 12.5 Å². The van der Waals surface area contributed by atoms with Gasteiger partial charge in [0.1, 0.15) is 16.7 Å². The molecular weight excluding hydrogens is 470 g/mol. The van der Waals surface area contributed by atoms with Gasteiger partial charge in [0.05, 0.1) is 16.9 Å². The molecule has 2 aromatic carbocycles. The topological polar surface area (TPSA) is 40.1 Å². The molecule has 0 radical (unpaired) electrons. The number of fused-ring (bicyclic) bond motifs is 4. The number of methoxy groups -OCH3 is 1. The Morgan fingerprint density at radius 1 is 1.19 bits per heavy atom. The summed E-state index contributed by atoms with van der Waals surface area (Å²) in [7, 11) is 3.92. The smallest absolute Gasteiger partial charge is 0.140 e. The fourth-order valence-electron chi connectivity index (χ4n) is 4.28. The van der Waals surface area contributed by atoms with Crippen molar-refractivity contribution in [3.8, 4) is 0 Å². The van der Waals surface area contributed by atoms with Gasteiger partial charge in [-0.2, -0.15) is 0 Å². The minimum absolute atomic E-state index is 0. The lowest BCUT2D eigenvalue weighted by Gasteiger charge is -2.41. The van der Waals surface area contributed by atoms with Crippen LogP contribution in [0, 0.1) is 5.82 Å². The second kappa shape index (κ2) is 10.4. The van der Waals surface area contributed by atoms with Crippen molar-refractivity contribution in [2.24, 2.45) is 4.99 Å². The zero-order valence-corrected chi connectivity index (χ0v) is 20.5. The zero-order valence-electron chi connectivity index (χ0n) is 18.0. The minimum atomic E-state index is -0.273. The van der Waals surface area contributed by atoms with E-state index in [0.717, 1.165) is 54.7 Å². The second-order valence-corrected chi connectivity index (χ2v) is 8.94. The molecule has 2 aliphatic rings. The van der Waals surface area contributed by atoms with Gasteiger partial charge in [-0.25, -0.2) is 9.38 Å². The summed E-state index contributed by atoms with van der Waals surface area (Å²) in [5.74, 6) is 0.653. The predicted octanol–water partition coefficient (Wildman–Crippen LogP) is 5.67. The lowest BCUT2D eigenvalue weighted by molar-refractivity contribution is 0.100. The number of rotatable bonds is 3. The Hall–Kier alpha value is -1.90. The van der Waals surface area contributed by atoms with Crippen LogP contribution in [0.4, 0.5) is 20.8 Å². The van der Waals surface area contributed by atoms with E-state index in [2.05, 4.69) is 46.4 Å². The van der Waals surface area contributed by atoms with E-state index in [0.29, 0.717) is 11.7 Å². The SMILES string of the molecule is COCCC1CN(C2=Nc3cc(F)ccc3Nc3sc4ccccc4c32)CCN1C.Cl.Cl. The molecule has 1 aromatic heterocycles. The van der Waals surface area contributed by atoms with Crippen molar-refractivity contribution in [3.63, 3.8) is 0 Å². The average molecular weight is 497 g/mol. The summed E-state index contributed by atoms with van der Waals surface area (Å²) in [6.45, 7) is 3.44. The van der Waals surface area contributed by atoms with Gasteiger partial charge in [-0.15, -0.1) is 36.2 Å². The van der Waals surface area contributed by atoms with Gasteiger partial charge in [-0.05, 0) is 31.7 Å². The van der Waals surface area contributed by atoms with Crippen LogP contribution in [0.25, 0.3) is 10.1 Å². The molecule has 32 heavy (non-hydrogen) atoms. The second-order valence-electron chi connectivity index (χ2n) is 7.89. The van der Waals surface area contributed by atoms with E-state index in [1.54, 1.807) is 24.5 Å². The van der Waals surface area contributed by atoms with E-state index in [9.17, 15) is 4.39 Å². The van der Waals surface area contributed by atoms with Crippen molar-refractivity contribution in [1.82, 2.24) is 9.80 Å². The molecule has 1 unspecified atom stereocenters. The Morgan fingerprint density at radius 3 is 2.81 bits per heavy atom. The van der Waals surface area contributed by atoms with Crippen LogP contribution < -0.4 is 5.32 Å². The summed E-state index contributed by atoms with van der Waals surface area (Å²) in [6, 6.07) is 13.6. The van der Waals surface area contributed by atoms with Crippen LogP contribution in [0.15, 0.2) is 47.5 Å². The third-order valence-electron chi connectivity index (χ3n) is 5.99. The molecule has 1 fully saturated rings. The number of halogens is 3. The highest BCUT2D eigenvalue weighted by Crippen LogP contribution is 2.43. The first-order valence-electron chi connectivity index (χ1n) is 10.3. The molecule has 9 heteroatoms. The zero-order chi connectivity index (χ0) is 20.7. The molecule has 0 bridgehead atoms. The van der Waals surface area contributed by atoms with Gasteiger partial charge in [0.2, 0.25) is 0 Å². The summed E-state index contributed by atoms with van der Waals surface area (Å²) in [6.07, 6.45) is 0.970. The van der Waals surface area contributed by atoms with Gasteiger partial charge in [-0.3, -0.25) is 4.90 Å². The first kappa shape index (κ1) is 24.7. The number of hydrogen-bond donors (Lipinski definition) is 1. The number of anilines is 2. The molecule has 0 saturated carbocycles. The van der Waals surface area contributed by atoms with Crippen LogP contribution in [0.5, 0.6) is 0 Å². The highest BCUT2D eigenvalue weighted by Gasteiger charge is 2.31. The fourth-order valence-corrected chi connectivity index (χ4v) is 5.39. The molecule has 5 rings (SSSR count). The largest absolute Gasteiger partial charge is 0.385 e. The number of piperazine rings is 1. The summed E-state index contributed by atoms with van der Waals surface area (Å²) in [4.78, 5) is 9.78. The molecule has 0 spiro atoms. The number of thiophene rings is 1. The molecule has 3 aromatic rings. The Kier molecular flexibility index (Phi) is 8.01. The number of nitrogens with zero attached hydrogens (tertiary/aromatic N) is 3. The maximum absolute atomic E-state index is 14.0. The van der Waals surface area contributed by atoms with E-state index in [1.165, 1.54) is 22.2 Å². The number of ether oxygens (including phenoxy) is 1. The van der Waals surface area contributed by atoms with E-state index in [-0.39, 0.29) is 30.6 Å². The Morgan fingerprint density at radius 2 is 2.00 bits per heavy atom. The van der Waals surface area contributed by atoms with Crippen molar-refractivity contribution in [3.05, 3.63) is 53.8 Å². The summed E-state index contributed by atoms with van der Waals surface area (Å²) in [5.41, 5.74) is 2.59. The Bertz CT molecular complexity index is 1120. The van der Waals surface area contributed by atoms with Gasteiger partial charge in [0.25, 0.3) is 0 Å². The standard InChI is InChI=1S/C23H25FN4OS.2ClH/c1-27-10-11-28(14-16(27)9-12-29-2)22-21-17-5-3-4-6-20(17)30-23(21)26-18-8-7-15(24)13-19(18)25-22;;/h3-8,13,16,26H,9-12,14H2,1-2H3;2*1H. The van der Waals surface area contributed by atoms with E-state index in [4.69, 9.17) is 9.73 Å². The number of hydrogen-bond acceptors (Lipinski definition) is 6. The van der Waals surface area contributed by atoms with E-state index >= 15 is 0 Å². The van der Waals surface area contributed by atoms with Gasteiger partial charge < -0.3 is 15.0 Å². The first-order chi connectivity index (χ1) is 14.6. The van der Waals surface area contributed by atoms with Gasteiger partial charge >= 0.3 is 0 Å². The van der Waals surface area contributed by atoms with E-state index < -0.39 is 0 Å². The Balaban J connectivity index is 0.00000144. The number of nitrogens with one attached hydrogen (secondary N) is 1. The van der Waals surface area contributed by atoms with Crippen LogP contribution in [0.3, 0.4) is 0 Å². The molecule has 1 N–H and O–H groups in total. The van der Waals surface area contributed by atoms with Gasteiger partial charge in [0, 0.05) is 55.5 Å². The summed E-state index contributed by atoms with van der Waals surface area (Å²) in [5, 5.41) is 5.77. The third kappa shape index (κ3) is 4.58. The summed E-state index contributed by atoms with van der Waals surface area (Å²) < 4.78 is 20.6. The van der Waals surface area contributed by atoms with Gasteiger partial charge in [-0.1, -0.05) is 18.2 Å². The van der Waals surface area contributed by atoms with Crippen LogP contribution in [-0.2, 0) is 4.74 Å². The molecule has 1 atom stereocenters. The molecule has 172 valence electrons. The lowest BCUT2D eigenvalue weighted by Crippen LogP contribution is -2.53. The van der Waals surface area contributed by atoms with Crippen molar-refractivity contribution >= 4 is 68.4 Å². The normalized spacial score (nSPS) is 17.9. The highest BCUT2D eigenvalue weighted by molar-refractivity contribution is 7.23. The van der Waals surface area contributed by atoms with Crippen molar-refractivity contribution in [1.29, 1.82) is 0 Å². The van der Waals surface area contributed by atoms with Gasteiger partial charge in [0.15, 0.2) is 0 Å². The average Bonchev–Trinajstić information content (AvgIpc) is 3.03. The fraction of sp³-hybridized carbons (Fsp3) is 0.348. The predicted molar refractivity (Wildman–Crippen MR) is 137 cm³/mol. The quantitative estimate of drug-likeness (QED) is 0.506.